The highest BCUT2D eigenvalue weighted by Crippen LogP contribution is 2.47. The van der Waals surface area contributed by atoms with Gasteiger partial charge in [-0.1, -0.05) is 36.4 Å². The Morgan fingerprint density at radius 1 is 0.818 bits per heavy atom. The molecule has 2 rings (SSSR count). The number of rotatable bonds is 5. The molecule has 0 unspecified atom stereocenters. The summed E-state index contributed by atoms with van der Waals surface area (Å²) in [5, 5.41) is 14.1. The van der Waals surface area contributed by atoms with Crippen molar-refractivity contribution >= 4 is 29.8 Å². The van der Waals surface area contributed by atoms with Crippen molar-refractivity contribution in [2.24, 2.45) is 0 Å². The molecule has 0 aliphatic heterocycles. The minimum absolute atomic E-state index is 0.397. The molecule has 2 amide bonds. The Kier molecular flexibility index (Phi) is 5.09. The largest absolute Gasteiger partial charge is 0.388 e. The smallest absolute Gasteiger partial charge is 0.294 e. The van der Waals surface area contributed by atoms with Crippen LogP contribution in [0.4, 0.5) is 21.0 Å². The number of nitrogens with one attached hydrogen (secondary N) is 2. The summed E-state index contributed by atoms with van der Waals surface area (Å²) in [7, 11) is -4.16. The fraction of sp³-hybridized carbons (Fsp3) is 0.0667. The number of amides is 2. The summed E-state index contributed by atoms with van der Waals surface area (Å²) >= 11 is 0. The molecular formula is C15H15N2O4P. The number of hydrogen-bond acceptors (Lipinski definition) is 4. The summed E-state index contributed by atoms with van der Waals surface area (Å²) in [6, 6.07) is 16.6. The van der Waals surface area contributed by atoms with Crippen LogP contribution in [0.15, 0.2) is 60.7 Å². The van der Waals surface area contributed by atoms with Gasteiger partial charge in [-0.05, 0) is 24.3 Å². The predicted molar refractivity (Wildman–Crippen MR) is 85.6 cm³/mol. The van der Waals surface area contributed by atoms with Gasteiger partial charge in [0, 0.05) is 11.4 Å². The Balaban J connectivity index is 2.15. The van der Waals surface area contributed by atoms with Gasteiger partial charge in [0.1, 0.15) is 6.35 Å². The number of hydrogen-bond donors (Lipinski definition) is 3. The number of anilines is 2. The summed E-state index contributed by atoms with van der Waals surface area (Å²) < 4.78 is 12.5. The summed E-state index contributed by atoms with van der Waals surface area (Å²) in [6.07, 6.45) is -1.04. The van der Waals surface area contributed by atoms with E-state index in [2.05, 4.69) is 10.6 Å². The fourth-order valence-electron chi connectivity index (χ4n) is 1.69. The van der Waals surface area contributed by atoms with Crippen LogP contribution in [0, 0.1) is 0 Å². The third-order valence-electron chi connectivity index (χ3n) is 2.91. The maximum atomic E-state index is 12.5. The Bertz CT molecular complexity index is 646. The molecule has 0 saturated heterocycles. The minimum atomic E-state index is -4.16. The van der Waals surface area contributed by atoms with E-state index in [0.29, 0.717) is 11.4 Å². The average Bonchev–Trinajstić information content (AvgIpc) is 2.55. The van der Waals surface area contributed by atoms with Gasteiger partial charge in [0.15, 0.2) is 0 Å². The Morgan fingerprint density at radius 3 is 1.50 bits per heavy atom. The summed E-state index contributed by atoms with van der Waals surface area (Å²) in [5.74, 6) is 0. The molecule has 7 heteroatoms. The molecular weight excluding hydrogens is 303 g/mol. The molecule has 6 nitrogen and oxygen atoms in total. The normalized spacial score (nSPS) is 10.8. The molecule has 0 aromatic heterocycles. The van der Waals surface area contributed by atoms with E-state index in [1.807, 2.05) is 0 Å². The first-order valence-corrected chi connectivity index (χ1v) is 8.38. The van der Waals surface area contributed by atoms with Crippen LogP contribution in [0.5, 0.6) is 0 Å². The van der Waals surface area contributed by atoms with Gasteiger partial charge in [-0.2, -0.15) is 0 Å². The van der Waals surface area contributed by atoms with E-state index in [4.69, 9.17) is 0 Å². The molecule has 0 spiro atoms. The van der Waals surface area contributed by atoms with Crippen molar-refractivity contribution in [1.82, 2.24) is 0 Å². The lowest BCUT2D eigenvalue weighted by Crippen LogP contribution is -2.22. The second-order valence-corrected chi connectivity index (χ2v) is 7.05. The van der Waals surface area contributed by atoms with Gasteiger partial charge in [0.2, 0.25) is 0 Å². The first-order chi connectivity index (χ1) is 10.6. The number of para-hydroxylation sites is 2. The summed E-state index contributed by atoms with van der Waals surface area (Å²) in [6.45, 7) is 0. The number of carbonyl (C=O) groups is 2. The predicted octanol–water partition coefficient (Wildman–Crippen LogP) is 3.76. The first kappa shape index (κ1) is 15.9. The molecule has 0 saturated carbocycles. The van der Waals surface area contributed by atoms with E-state index in [9.17, 15) is 19.3 Å². The van der Waals surface area contributed by atoms with Crippen molar-refractivity contribution in [3.05, 3.63) is 60.7 Å². The molecule has 0 aliphatic carbocycles. The SMILES string of the molecule is O=C(Nc1ccccc1)P(=O)(CO)C(=O)Nc1ccccc1. The zero-order chi connectivity index (χ0) is 16.0. The van der Waals surface area contributed by atoms with Crippen molar-refractivity contribution in [2.75, 3.05) is 17.0 Å². The zero-order valence-corrected chi connectivity index (χ0v) is 12.5. The monoisotopic (exact) mass is 318 g/mol. The quantitative estimate of drug-likeness (QED) is 0.731. The highest BCUT2D eigenvalue weighted by molar-refractivity contribution is 7.94. The molecule has 22 heavy (non-hydrogen) atoms. The molecule has 2 aromatic rings. The van der Waals surface area contributed by atoms with E-state index >= 15 is 0 Å². The Hall–Kier alpha value is -2.43. The van der Waals surface area contributed by atoms with E-state index < -0.39 is 24.8 Å². The topological polar surface area (TPSA) is 95.5 Å². The van der Waals surface area contributed by atoms with Crippen molar-refractivity contribution in [1.29, 1.82) is 0 Å². The second kappa shape index (κ2) is 7.02. The number of carbonyl (C=O) groups excluding carboxylic acids is 2. The maximum absolute atomic E-state index is 12.5. The lowest BCUT2D eigenvalue weighted by molar-refractivity contribution is 0.260. The lowest BCUT2D eigenvalue weighted by atomic mass is 10.3. The van der Waals surface area contributed by atoms with Gasteiger partial charge in [-0.3, -0.25) is 9.59 Å². The van der Waals surface area contributed by atoms with Crippen LogP contribution in [-0.2, 0) is 4.57 Å². The molecule has 0 heterocycles. The molecule has 0 atom stereocenters. The summed E-state index contributed by atoms with van der Waals surface area (Å²) in [4.78, 5) is 24.2. The second-order valence-electron chi connectivity index (χ2n) is 4.47. The van der Waals surface area contributed by atoms with Crippen LogP contribution >= 0.6 is 7.14 Å². The number of aliphatic hydroxyl groups is 1. The van der Waals surface area contributed by atoms with Gasteiger partial charge in [0.25, 0.3) is 18.4 Å². The molecule has 3 N–H and O–H groups in total. The first-order valence-electron chi connectivity index (χ1n) is 6.49. The van der Waals surface area contributed by atoms with Gasteiger partial charge >= 0.3 is 0 Å². The highest BCUT2D eigenvalue weighted by Gasteiger charge is 2.39. The molecule has 0 aliphatic rings. The van der Waals surface area contributed by atoms with Gasteiger partial charge < -0.3 is 20.3 Å². The average molecular weight is 318 g/mol. The van der Waals surface area contributed by atoms with Gasteiger partial charge in [-0.25, -0.2) is 0 Å². The van der Waals surface area contributed by atoms with Crippen molar-refractivity contribution < 1.29 is 19.3 Å². The van der Waals surface area contributed by atoms with E-state index in [1.165, 1.54) is 0 Å². The Labute approximate surface area is 127 Å². The third-order valence-corrected chi connectivity index (χ3v) is 4.84. The van der Waals surface area contributed by atoms with Crippen LogP contribution in [0.2, 0.25) is 0 Å². The Morgan fingerprint density at radius 2 is 1.18 bits per heavy atom. The molecule has 2 aromatic carbocycles. The summed E-state index contributed by atoms with van der Waals surface area (Å²) in [5.41, 5.74) is -1.22. The van der Waals surface area contributed by atoms with Crippen LogP contribution < -0.4 is 10.6 Å². The van der Waals surface area contributed by atoms with Crippen LogP contribution in [0.1, 0.15) is 0 Å². The van der Waals surface area contributed by atoms with E-state index in [1.54, 1.807) is 60.7 Å². The lowest BCUT2D eigenvalue weighted by Gasteiger charge is -2.15. The highest BCUT2D eigenvalue weighted by atomic mass is 31.2. The molecule has 0 fully saturated rings. The molecule has 0 bridgehead atoms. The van der Waals surface area contributed by atoms with Gasteiger partial charge in [-0.15, -0.1) is 0 Å². The minimum Gasteiger partial charge on any atom is -0.388 e. The number of aliphatic hydroxyl groups excluding tert-OH is 1. The van der Waals surface area contributed by atoms with Crippen molar-refractivity contribution in [2.45, 2.75) is 0 Å². The number of benzene rings is 2. The van der Waals surface area contributed by atoms with Crippen molar-refractivity contribution in [3.63, 3.8) is 0 Å². The van der Waals surface area contributed by atoms with Crippen LogP contribution in [-0.4, -0.2) is 22.8 Å². The van der Waals surface area contributed by atoms with Gasteiger partial charge in [0.05, 0.1) is 0 Å². The molecule has 114 valence electrons. The van der Waals surface area contributed by atoms with Crippen molar-refractivity contribution in [3.8, 4) is 0 Å². The molecule has 0 radical (unpaired) electrons. The maximum Gasteiger partial charge on any atom is 0.294 e. The fourth-order valence-corrected chi connectivity index (χ4v) is 2.75. The standard InChI is InChI=1S/C15H15N2O4P/c18-11-22(21,14(19)16-12-7-3-1-4-8-12)15(20)17-13-9-5-2-6-10-13/h1-10,18H,11H2,(H,16,19)(H,17,20). The third kappa shape index (κ3) is 3.61. The van der Waals surface area contributed by atoms with E-state index in [-0.39, 0.29) is 0 Å². The zero-order valence-electron chi connectivity index (χ0n) is 11.6. The van der Waals surface area contributed by atoms with Crippen LogP contribution in [0.3, 0.4) is 0 Å². The van der Waals surface area contributed by atoms with E-state index in [0.717, 1.165) is 0 Å². The van der Waals surface area contributed by atoms with Crippen LogP contribution in [0.25, 0.3) is 0 Å².